The van der Waals surface area contributed by atoms with Crippen LogP contribution in [-0.4, -0.2) is 50.4 Å². The zero-order valence-corrected chi connectivity index (χ0v) is 22.0. The van der Waals surface area contributed by atoms with Gasteiger partial charge < -0.3 is 24.6 Å². The van der Waals surface area contributed by atoms with Crippen LogP contribution in [0.4, 0.5) is 22.2 Å². The van der Waals surface area contributed by atoms with Crippen LogP contribution in [0, 0.1) is 0 Å². The largest absolute Gasteiger partial charge is 0.497 e. The Morgan fingerprint density at radius 1 is 1.05 bits per heavy atom. The first-order valence-electron chi connectivity index (χ1n) is 12.7. The lowest BCUT2D eigenvalue weighted by Crippen LogP contribution is -2.40. The Morgan fingerprint density at radius 2 is 1.89 bits per heavy atom. The predicted octanol–water partition coefficient (Wildman–Crippen LogP) is 4.92. The number of amides is 1. The second-order valence-electron chi connectivity index (χ2n) is 10.7. The molecule has 4 aromatic rings. The molecule has 4 heterocycles. The minimum absolute atomic E-state index is 0.330. The number of nitrogens with one attached hydrogen (secondary N) is 2. The first kappa shape index (κ1) is 24.0. The molecule has 0 radical (unpaired) electrons. The number of benzene rings is 2. The molecule has 1 amide bonds. The second-order valence-corrected chi connectivity index (χ2v) is 10.7. The normalized spacial score (nSPS) is 14.8. The molecule has 2 aromatic heterocycles. The van der Waals surface area contributed by atoms with Crippen LogP contribution in [-0.2, 0) is 30.8 Å². The van der Waals surface area contributed by atoms with Crippen molar-refractivity contribution in [3.63, 3.8) is 0 Å². The van der Waals surface area contributed by atoms with Gasteiger partial charge in [0.1, 0.15) is 17.2 Å². The van der Waals surface area contributed by atoms with Gasteiger partial charge in [-0.3, -0.25) is 5.10 Å². The fourth-order valence-corrected chi connectivity index (χ4v) is 4.94. The van der Waals surface area contributed by atoms with Gasteiger partial charge in [0.15, 0.2) is 0 Å². The van der Waals surface area contributed by atoms with Crippen molar-refractivity contribution in [3.8, 4) is 5.75 Å². The van der Waals surface area contributed by atoms with E-state index in [9.17, 15) is 4.79 Å². The summed E-state index contributed by atoms with van der Waals surface area (Å²) in [6.07, 6.45) is 2.10. The van der Waals surface area contributed by atoms with E-state index in [-0.39, 0.29) is 6.09 Å². The van der Waals surface area contributed by atoms with Crippen LogP contribution >= 0.6 is 0 Å². The molecule has 0 spiro atoms. The number of carbonyl (C=O) groups is 1. The van der Waals surface area contributed by atoms with Gasteiger partial charge in [-0.1, -0.05) is 6.07 Å². The molecule has 0 bridgehead atoms. The van der Waals surface area contributed by atoms with Crippen LogP contribution in [0.1, 0.15) is 43.2 Å². The van der Waals surface area contributed by atoms with Crippen molar-refractivity contribution in [2.75, 3.05) is 23.9 Å². The van der Waals surface area contributed by atoms with Gasteiger partial charge in [0.05, 0.1) is 31.1 Å². The van der Waals surface area contributed by atoms with Gasteiger partial charge in [0, 0.05) is 36.3 Å². The van der Waals surface area contributed by atoms with Gasteiger partial charge >= 0.3 is 6.09 Å². The lowest BCUT2D eigenvalue weighted by Gasteiger charge is -2.32. The van der Waals surface area contributed by atoms with Gasteiger partial charge in [0.2, 0.25) is 5.95 Å². The summed E-state index contributed by atoms with van der Waals surface area (Å²) in [6, 6.07) is 12.2. The number of carbonyl (C=O) groups excluding carboxylic acids is 1. The number of methoxy groups -OCH3 is 1. The van der Waals surface area contributed by atoms with Crippen molar-refractivity contribution in [2.24, 2.45) is 0 Å². The van der Waals surface area contributed by atoms with E-state index in [1.165, 1.54) is 11.1 Å². The van der Waals surface area contributed by atoms with Gasteiger partial charge in [-0.2, -0.15) is 10.1 Å². The average molecular weight is 514 g/mol. The Kier molecular flexibility index (Phi) is 5.81. The molecule has 0 atom stereocenters. The summed E-state index contributed by atoms with van der Waals surface area (Å²) in [7, 11) is 1.68. The minimum Gasteiger partial charge on any atom is -0.497 e. The Hall–Kier alpha value is -4.34. The van der Waals surface area contributed by atoms with E-state index < -0.39 is 5.60 Å². The summed E-state index contributed by atoms with van der Waals surface area (Å²) in [5.41, 5.74) is 5.58. The van der Waals surface area contributed by atoms with Crippen LogP contribution in [0.25, 0.3) is 10.9 Å². The third kappa shape index (κ3) is 4.69. The highest BCUT2D eigenvalue weighted by molar-refractivity contribution is 5.83. The topological polar surface area (TPSA) is 108 Å². The summed E-state index contributed by atoms with van der Waals surface area (Å²) >= 11 is 0. The highest BCUT2D eigenvalue weighted by atomic mass is 16.6. The number of aromatic amines is 1. The molecule has 10 nitrogen and oxygen atoms in total. The average Bonchev–Trinajstić information content (AvgIpc) is 3.53. The lowest BCUT2D eigenvalue weighted by atomic mass is 10.1. The van der Waals surface area contributed by atoms with Crippen molar-refractivity contribution in [3.05, 3.63) is 65.0 Å². The van der Waals surface area contributed by atoms with Crippen molar-refractivity contribution < 1.29 is 14.3 Å². The number of ether oxygens (including phenoxy) is 2. The van der Waals surface area contributed by atoms with Gasteiger partial charge in [-0.25, -0.2) is 9.78 Å². The molecule has 2 N–H and O–H groups in total. The zero-order valence-electron chi connectivity index (χ0n) is 22.0. The number of aromatic nitrogens is 4. The first-order chi connectivity index (χ1) is 18.3. The summed E-state index contributed by atoms with van der Waals surface area (Å²) in [5, 5.41) is 11.6. The molecule has 0 aliphatic carbocycles. The fraction of sp³-hybridized carbons (Fsp3) is 0.357. The number of nitrogens with zero attached hydrogens (tertiary/aromatic N) is 5. The monoisotopic (exact) mass is 513 g/mol. The molecule has 0 fully saturated rings. The van der Waals surface area contributed by atoms with Crippen molar-refractivity contribution in [1.82, 2.24) is 25.1 Å². The molecule has 0 saturated heterocycles. The number of hydrogen-bond donors (Lipinski definition) is 2. The molecule has 6 rings (SSSR count). The Labute approximate surface area is 221 Å². The molecular formula is C28H31N7O3. The van der Waals surface area contributed by atoms with Crippen molar-refractivity contribution in [2.45, 2.75) is 52.4 Å². The molecule has 0 saturated carbocycles. The van der Waals surface area contributed by atoms with Crippen LogP contribution in [0.3, 0.4) is 0 Å². The van der Waals surface area contributed by atoms with E-state index in [0.717, 1.165) is 39.4 Å². The van der Waals surface area contributed by atoms with Crippen LogP contribution < -0.4 is 15.0 Å². The Balaban J connectivity index is 1.34. The van der Waals surface area contributed by atoms with E-state index in [4.69, 9.17) is 19.4 Å². The molecule has 38 heavy (non-hydrogen) atoms. The summed E-state index contributed by atoms with van der Waals surface area (Å²) < 4.78 is 11.1. The van der Waals surface area contributed by atoms with Gasteiger partial charge in [-0.15, -0.1) is 0 Å². The van der Waals surface area contributed by atoms with E-state index >= 15 is 0 Å². The number of hydrogen-bond acceptors (Lipinski definition) is 8. The van der Waals surface area contributed by atoms with E-state index in [0.29, 0.717) is 38.5 Å². The molecule has 2 aliphatic heterocycles. The molecule has 2 aliphatic rings. The second kappa shape index (κ2) is 9.20. The van der Waals surface area contributed by atoms with Crippen molar-refractivity contribution in [1.29, 1.82) is 0 Å². The molecule has 10 heteroatoms. The molecule has 2 aromatic carbocycles. The van der Waals surface area contributed by atoms with E-state index in [1.54, 1.807) is 18.2 Å². The lowest BCUT2D eigenvalue weighted by molar-refractivity contribution is 0.0221. The van der Waals surface area contributed by atoms with Crippen LogP contribution in [0.15, 0.2) is 42.6 Å². The minimum atomic E-state index is -0.560. The quantitative estimate of drug-likeness (QED) is 0.396. The maximum absolute atomic E-state index is 12.9. The Morgan fingerprint density at radius 3 is 2.71 bits per heavy atom. The third-order valence-corrected chi connectivity index (χ3v) is 6.83. The number of fused-ring (bicyclic) bond motifs is 3. The number of H-pyrrole nitrogens is 1. The van der Waals surface area contributed by atoms with Gasteiger partial charge in [0.25, 0.3) is 0 Å². The SMILES string of the molecule is COc1ccc2c(c1)CN(c1nc3c(c(Nc4ccc5[nH]ncc5c4)n1)CCN(C(=O)OC(C)(C)C)C3)C2. The highest BCUT2D eigenvalue weighted by Crippen LogP contribution is 2.34. The summed E-state index contributed by atoms with van der Waals surface area (Å²) in [6.45, 7) is 7.92. The standard InChI is InChI=1S/C28H31N7O3/c1-28(2,3)38-27(36)34-10-9-22-24(16-34)31-26(35-14-17-5-7-21(37-4)12-19(17)15-35)32-25(22)30-20-6-8-23-18(11-20)13-29-33-23/h5-8,11-13H,9-10,14-16H2,1-4H3,(H,29,33)(H,30,31,32). The van der Waals surface area contributed by atoms with E-state index in [1.807, 2.05) is 45.0 Å². The molecular weight excluding hydrogens is 482 g/mol. The number of rotatable bonds is 4. The maximum Gasteiger partial charge on any atom is 0.410 e. The Bertz CT molecular complexity index is 1520. The predicted molar refractivity (Wildman–Crippen MR) is 145 cm³/mol. The van der Waals surface area contributed by atoms with Crippen LogP contribution in [0.2, 0.25) is 0 Å². The smallest absolute Gasteiger partial charge is 0.410 e. The summed E-state index contributed by atoms with van der Waals surface area (Å²) in [4.78, 5) is 26.7. The van der Waals surface area contributed by atoms with Crippen LogP contribution in [0.5, 0.6) is 5.75 Å². The fourth-order valence-electron chi connectivity index (χ4n) is 4.94. The third-order valence-electron chi connectivity index (χ3n) is 6.83. The van der Waals surface area contributed by atoms with Crippen molar-refractivity contribution >= 4 is 34.4 Å². The highest BCUT2D eigenvalue weighted by Gasteiger charge is 2.30. The molecule has 196 valence electrons. The zero-order chi connectivity index (χ0) is 26.4. The van der Waals surface area contributed by atoms with Gasteiger partial charge in [-0.05, 0) is 68.7 Å². The van der Waals surface area contributed by atoms with E-state index in [2.05, 4.69) is 32.5 Å². The molecule has 0 unspecified atom stereocenters. The summed E-state index contributed by atoms with van der Waals surface area (Å²) in [5.74, 6) is 2.21. The number of anilines is 3. The first-order valence-corrected chi connectivity index (χ1v) is 12.7. The maximum atomic E-state index is 12.9.